The van der Waals surface area contributed by atoms with Crippen LogP contribution in [0.25, 0.3) is 0 Å². The Morgan fingerprint density at radius 1 is 1.18 bits per heavy atom. The van der Waals surface area contributed by atoms with Crippen molar-refractivity contribution in [1.29, 1.82) is 0 Å². The van der Waals surface area contributed by atoms with Gasteiger partial charge in [-0.15, -0.1) is 0 Å². The first-order valence-corrected chi connectivity index (χ1v) is 6.92. The second-order valence-electron chi connectivity index (χ2n) is 5.22. The van der Waals surface area contributed by atoms with E-state index < -0.39 is 0 Å². The first kappa shape index (κ1) is 12.8. The maximum atomic E-state index is 11.6. The number of ether oxygens (including phenoxy) is 1. The van der Waals surface area contributed by atoms with Gasteiger partial charge in [0.25, 0.3) is 0 Å². The van der Waals surface area contributed by atoms with Gasteiger partial charge in [0.2, 0.25) is 5.91 Å². The molecule has 0 radical (unpaired) electrons. The zero-order chi connectivity index (χ0) is 11.9. The van der Waals surface area contributed by atoms with Crippen LogP contribution in [0.4, 0.5) is 0 Å². The van der Waals surface area contributed by atoms with Crippen molar-refractivity contribution in [3.8, 4) is 0 Å². The summed E-state index contributed by atoms with van der Waals surface area (Å²) in [5.41, 5.74) is 0. The lowest BCUT2D eigenvalue weighted by Crippen LogP contribution is -2.43. The lowest BCUT2D eigenvalue weighted by molar-refractivity contribution is -0.121. The van der Waals surface area contributed by atoms with E-state index in [0.29, 0.717) is 12.6 Å². The smallest absolute Gasteiger partial charge is 0.234 e. The van der Waals surface area contributed by atoms with E-state index in [1.807, 2.05) is 0 Å². The van der Waals surface area contributed by atoms with Gasteiger partial charge in [-0.25, -0.2) is 0 Å². The lowest BCUT2D eigenvalue weighted by atomic mass is 10.1. The topological polar surface area (TPSA) is 50.4 Å². The van der Waals surface area contributed by atoms with E-state index in [9.17, 15) is 4.79 Å². The van der Waals surface area contributed by atoms with Crippen LogP contribution in [-0.4, -0.2) is 38.3 Å². The molecule has 1 amide bonds. The number of hydrogen-bond acceptors (Lipinski definition) is 3. The monoisotopic (exact) mass is 240 g/mol. The molecule has 2 rings (SSSR count). The normalized spacial score (nSPS) is 21.4. The Labute approximate surface area is 103 Å². The fourth-order valence-corrected chi connectivity index (χ4v) is 2.24. The standard InChI is InChI=1S/C13H24N2O2/c16-13(15-12-5-8-17-9-6-12)10-14-7-1-2-11-3-4-11/h11-12,14H,1-10H2,(H,15,16). The molecule has 4 heteroatoms. The maximum Gasteiger partial charge on any atom is 0.234 e. The van der Waals surface area contributed by atoms with Crippen LogP contribution in [-0.2, 0) is 9.53 Å². The van der Waals surface area contributed by atoms with Crippen molar-refractivity contribution in [3.63, 3.8) is 0 Å². The Kier molecular flexibility index (Phi) is 5.26. The van der Waals surface area contributed by atoms with Gasteiger partial charge in [0.05, 0.1) is 6.54 Å². The molecule has 1 saturated carbocycles. The van der Waals surface area contributed by atoms with Crippen molar-refractivity contribution in [3.05, 3.63) is 0 Å². The van der Waals surface area contributed by atoms with Gasteiger partial charge in [-0.2, -0.15) is 0 Å². The highest BCUT2D eigenvalue weighted by Gasteiger charge is 2.20. The molecule has 0 bridgehead atoms. The first-order valence-electron chi connectivity index (χ1n) is 6.92. The number of hydrogen-bond donors (Lipinski definition) is 2. The summed E-state index contributed by atoms with van der Waals surface area (Å²) in [6.07, 6.45) is 7.28. The predicted octanol–water partition coefficient (Wildman–Crippen LogP) is 1.06. The number of carbonyl (C=O) groups excluding carboxylic acids is 1. The number of amides is 1. The Morgan fingerprint density at radius 3 is 2.65 bits per heavy atom. The molecule has 17 heavy (non-hydrogen) atoms. The lowest BCUT2D eigenvalue weighted by Gasteiger charge is -2.23. The van der Waals surface area contributed by atoms with Crippen LogP contribution in [0.3, 0.4) is 0 Å². The summed E-state index contributed by atoms with van der Waals surface area (Å²) in [6, 6.07) is 0.324. The molecule has 0 aromatic carbocycles. The van der Waals surface area contributed by atoms with Gasteiger partial charge in [0.15, 0.2) is 0 Å². The van der Waals surface area contributed by atoms with Gasteiger partial charge in [0, 0.05) is 19.3 Å². The molecule has 0 aromatic rings. The van der Waals surface area contributed by atoms with E-state index in [4.69, 9.17) is 4.74 Å². The largest absolute Gasteiger partial charge is 0.381 e. The van der Waals surface area contributed by atoms with E-state index in [2.05, 4.69) is 10.6 Å². The van der Waals surface area contributed by atoms with Crippen LogP contribution >= 0.6 is 0 Å². The van der Waals surface area contributed by atoms with Crippen LogP contribution in [0.5, 0.6) is 0 Å². The van der Waals surface area contributed by atoms with Crippen LogP contribution in [0.2, 0.25) is 0 Å². The molecule has 1 aliphatic carbocycles. The van der Waals surface area contributed by atoms with Crippen LogP contribution in [0, 0.1) is 5.92 Å². The van der Waals surface area contributed by atoms with Crippen LogP contribution in [0.1, 0.15) is 38.5 Å². The molecule has 0 unspecified atom stereocenters. The summed E-state index contributed by atoms with van der Waals surface area (Å²) >= 11 is 0. The van der Waals surface area contributed by atoms with Gasteiger partial charge in [-0.3, -0.25) is 4.79 Å². The fourth-order valence-electron chi connectivity index (χ4n) is 2.24. The molecule has 2 aliphatic rings. The molecule has 0 spiro atoms. The Morgan fingerprint density at radius 2 is 1.94 bits per heavy atom. The minimum absolute atomic E-state index is 0.128. The average molecular weight is 240 g/mol. The number of rotatable bonds is 7. The summed E-state index contributed by atoms with van der Waals surface area (Å²) in [7, 11) is 0. The van der Waals surface area contributed by atoms with Crippen molar-refractivity contribution < 1.29 is 9.53 Å². The molecule has 1 heterocycles. The molecule has 1 saturated heterocycles. The molecule has 0 atom stereocenters. The maximum absolute atomic E-state index is 11.6. The zero-order valence-electron chi connectivity index (χ0n) is 10.5. The minimum atomic E-state index is 0.128. The van der Waals surface area contributed by atoms with E-state index in [0.717, 1.165) is 38.5 Å². The molecule has 4 nitrogen and oxygen atoms in total. The SMILES string of the molecule is O=C(CNCCCC1CC1)NC1CCOCC1. The Bertz CT molecular complexity index is 236. The molecule has 98 valence electrons. The van der Waals surface area contributed by atoms with Crippen molar-refractivity contribution in [2.24, 2.45) is 5.92 Å². The van der Waals surface area contributed by atoms with Crippen LogP contribution in [0.15, 0.2) is 0 Å². The van der Waals surface area contributed by atoms with Crippen molar-refractivity contribution in [2.75, 3.05) is 26.3 Å². The van der Waals surface area contributed by atoms with Crippen LogP contribution < -0.4 is 10.6 Å². The zero-order valence-corrected chi connectivity index (χ0v) is 10.5. The second kappa shape index (κ2) is 6.97. The Balaban J connectivity index is 1.44. The molecule has 2 N–H and O–H groups in total. The molecular formula is C13H24N2O2. The van der Waals surface area contributed by atoms with E-state index in [1.165, 1.54) is 25.7 Å². The van der Waals surface area contributed by atoms with Gasteiger partial charge in [0.1, 0.15) is 0 Å². The fraction of sp³-hybridized carbons (Fsp3) is 0.923. The predicted molar refractivity (Wildman–Crippen MR) is 66.8 cm³/mol. The van der Waals surface area contributed by atoms with Gasteiger partial charge < -0.3 is 15.4 Å². The Hall–Kier alpha value is -0.610. The van der Waals surface area contributed by atoms with E-state index >= 15 is 0 Å². The molecule has 2 fully saturated rings. The number of carbonyl (C=O) groups is 1. The number of nitrogens with one attached hydrogen (secondary N) is 2. The molecule has 1 aliphatic heterocycles. The van der Waals surface area contributed by atoms with Gasteiger partial charge >= 0.3 is 0 Å². The highest BCUT2D eigenvalue weighted by Crippen LogP contribution is 2.33. The summed E-state index contributed by atoms with van der Waals surface area (Å²) in [5, 5.41) is 6.26. The minimum Gasteiger partial charge on any atom is -0.381 e. The van der Waals surface area contributed by atoms with Crippen molar-refractivity contribution in [1.82, 2.24) is 10.6 Å². The summed E-state index contributed by atoms with van der Waals surface area (Å²) < 4.78 is 5.26. The quantitative estimate of drug-likeness (QED) is 0.654. The van der Waals surface area contributed by atoms with E-state index in [-0.39, 0.29) is 5.91 Å². The van der Waals surface area contributed by atoms with E-state index in [1.54, 1.807) is 0 Å². The van der Waals surface area contributed by atoms with Gasteiger partial charge in [-0.05, 0) is 38.1 Å². The summed E-state index contributed by atoms with van der Waals surface area (Å²) in [4.78, 5) is 11.6. The van der Waals surface area contributed by atoms with Crippen molar-refractivity contribution in [2.45, 2.75) is 44.6 Å². The third kappa shape index (κ3) is 5.50. The highest BCUT2D eigenvalue weighted by molar-refractivity contribution is 5.78. The highest BCUT2D eigenvalue weighted by atomic mass is 16.5. The van der Waals surface area contributed by atoms with Gasteiger partial charge in [-0.1, -0.05) is 12.8 Å². The second-order valence-corrected chi connectivity index (χ2v) is 5.22. The molecule has 0 aromatic heterocycles. The van der Waals surface area contributed by atoms with Crippen molar-refractivity contribution >= 4 is 5.91 Å². The summed E-state index contributed by atoms with van der Waals surface area (Å²) in [5.74, 6) is 1.12. The average Bonchev–Trinajstić information content (AvgIpc) is 3.14. The molecular weight excluding hydrogens is 216 g/mol. The third-order valence-corrected chi connectivity index (χ3v) is 3.53. The summed E-state index contributed by atoms with van der Waals surface area (Å²) in [6.45, 7) is 2.99. The third-order valence-electron chi connectivity index (χ3n) is 3.53. The first-order chi connectivity index (χ1) is 8.34.